The van der Waals surface area contributed by atoms with Crippen molar-refractivity contribution in [1.29, 1.82) is 0 Å². The van der Waals surface area contributed by atoms with E-state index in [-0.39, 0.29) is 11.3 Å². The van der Waals surface area contributed by atoms with Gasteiger partial charge >= 0.3 is 0 Å². The molecule has 98 valence electrons. The number of carbonyl (C=O) groups is 1. The highest BCUT2D eigenvalue weighted by atomic mass is 16.5. The monoisotopic (exact) mass is 258 g/mol. The number of Topliss-reactive ketones (excluding diaryl/α,β-unsaturated/α-hetero) is 1. The summed E-state index contributed by atoms with van der Waals surface area (Å²) in [6.45, 7) is 3.27. The van der Waals surface area contributed by atoms with Gasteiger partial charge in [0.15, 0.2) is 5.78 Å². The number of aryl methyl sites for hydroxylation is 1. The van der Waals surface area contributed by atoms with Crippen LogP contribution in [0, 0.1) is 6.92 Å². The summed E-state index contributed by atoms with van der Waals surface area (Å²) in [5.41, 5.74) is 1.96. The van der Waals surface area contributed by atoms with Gasteiger partial charge in [-0.2, -0.15) is 5.10 Å². The number of aromatic nitrogens is 2. The standard InChI is InChI=1S/C14H14N2O3/c1-8-6-10(4-5-13(8)19-3)12-7-11(9(2)17)14(18)16-15-12/h4-7H,1-3H3,(H,16,18). The Labute approximate surface area is 110 Å². The highest BCUT2D eigenvalue weighted by Crippen LogP contribution is 2.24. The van der Waals surface area contributed by atoms with Crippen LogP contribution in [0.2, 0.25) is 0 Å². The van der Waals surface area contributed by atoms with E-state index in [0.29, 0.717) is 5.69 Å². The summed E-state index contributed by atoms with van der Waals surface area (Å²) in [6.07, 6.45) is 0. The number of methoxy groups -OCH3 is 1. The van der Waals surface area contributed by atoms with Crippen LogP contribution in [-0.2, 0) is 0 Å². The van der Waals surface area contributed by atoms with Crippen LogP contribution in [0.3, 0.4) is 0 Å². The quantitative estimate of drug-likeness (QED) is 0.854. The second kappa shape index (κ2) is 5.06. The summed E-state index contributed by atoms with van der Waals surface area (Å²) in [4.78, 5) is 22.8. The maximum atomic E-state index is 11.5. The average molecular weight is 258 g/mol. The molecule has 0 saturated heterocycles. The lowest BCUT2D eigenvalue weighted by Crippen LogP contribution is -2.17. The van der Waals surface area contributed by atoms with Crippen molar-refractivity contribution in [3.63, 3.8) is 0 Å². The smallest absolute Gasteiger partial charge is 0.275 e. The fourth-order valence-corrected chi connectivity index (χ4v) is 1.85. The molecule has 2 aromatic rings. The molecular formula is C14H14N2O3. The van der Waals surface area contributed by atoms with E-state index < -0.39 is 5.56 Å². The third-order valence-corrected chi connectivity index (χ3v) is 2.87. The van der Waals surface area contributed by atoms with E-state index in [4.69, 9.17) is 4.74 Å². The zero-order valence-corrected chi connectivity index (χ0v) is 11.0. The van der Waals surface area contributed by atoms with Crippen LogP contribution in [0.15, 0.2) is 29.1 Å². The first-order valence-corrected chi connectivity index (χ1v) is 5.78. The first-order valence-electron chi connectivity index (χ1n) is 5.78. The Balaban J connectivity index is 2.53. The second-order valence-electron chi connectivity index (χ2n) is 4.24. The molecular weight excluding hydrogens is 244 g/mol. The predicted octanol–water partition coefficient (Wildman–Crippen LogP) is 1.96. The number of nitrogens with one attached hydrogen (secondary N) is 1. The molecule has 19 heavy (non-hydrogen) atoms. The van der Waals surface area contributed by atoms with Gasteiger partial charge in [-0.3, -0.25) is 9.59 Å². The van der Waals surface area contributed by atoms with E-state index in [9.17, 15) is 9.59 Å². The number of carbonyl (C=O) groups excluding carboxylic acids is 1. The lowest BCUT2D eigenvalue weighted by Gasteiger charge is -2.07. The van der Waals surface area contributed by atoms with Crippen LogP contribution in [0.1, 0.15) is 22.8 Å². The minimum atomic E-state index is -0.471. The molecule has 0 bridgehead atoms. The highest BCUT2D eigenvalue weighted by molar-refractivity contribution is 5.94. The van der Waals surface area contributed by atoms with E-state index in [1.165, 1.54) is 13.0 Å². The molecule has 0 amide bonds. The molecule has 5 nitrogen and oxygen atoms in total. The summed E-state index contributed by atoms with van der Waals surface area (Å²) in [6, 6.07) is 7.05. The van der Waals surface area contributed by atoms with Gasteiger partial charge in [-0.15, -0.1) is 0 Å². The van der Waals surface area contributed by atoms with Gasteiger partial charge < -0.3 is 4.74 Å². The van der Waals surface area contributed by atoms with Gasteiger partial charge in [0.1, 0.15) is 5.75 Å². The van der Waals surface area contributed by atoms with Gasteiger partial charge in [0.25, 0.3) is 5.56 Å². The minimum absolute atomic E-state index is 0.110. The van der Waals surface area contributed by atoms with Crippen LogP contribution in [0.5, 0.6) is 5.75 Å². The lowest BCUT2D eigenvalue weighted by molar-refractivity contribution is 0.101. The zero-order valence-electron chi connectivity index (χ0n) is 11.0. The van der Waals surface area contributed by atoms with Gasteiger partial charge in [-0.1, -0.05) is 0 Å². The van der Waals surface area contributed by atoms with Gasteiger partial charge in [0.05, 0.1) is 18.4 Å². The van der Waals surface area contributed by atoms with E-state index in [1.807, 2.05) is 25.1 Å². The van der Waals surface area contributed by atoms with Crippen LogP contribution in [-0.4, -0.2) is 23.1 Å². The molecule has 0 spiro atoms. The van der Waals surface area contributed by atoms with Crippen LogP contribution >= 0.6 is 0 Å². The Morgan fingerprint density at radius 2 is 2.05 bits per heavy atom. The molecule has 0 unspecified atom stereocenters. The molecule has 1 heterocycles. The van der Waals surface area contributed by atoms with Gasteiger partial charge in [-0.25, -0.2) is 5.10 Å². The van der Waals surface area contributed by atoms with Crippen LogP contribution in [0.25, 0.3) is 11.3 Å². The Kier molecular flexibility index (Phi) is 3.46. The van der Waals surface area contributed by atoms with Crippen molar-refractivity contribution in [2.24, 2.45) is 0 Å². The summed E-state index contributed by atoms with van der Waals surface area (Å²) in [7, 11) is 1.61. The minimum Gasteiger partial charge on any atom is -0.496 e. The molecule has 0 radical (unpaired) electrons. The SMILES string of the molecule is COc1ccc(-c2cc(C(C)=O)c(=O)[nH]n2)cc1C. The third-order valence-electron chi connectivity index (χ3n) is 2.87. The number of H-pyrrole nitrogens is 1. The number of ketones is 1. The summed E-state index contributed by atoms with van der Waals surface area (Å²) >= 11 is 0. The zero-order chi connectivity index (χ0) is 14.0. The molecule has 1 N–H and O–H groups in total. The van der Waals surface area contributed by atoms with Gasteiger partial charge in [-0.05, 0) is 43.7 Å². The fourth-order valence-electron chi connectivity index (χ4n) is 1.85. The highest BCUT2D eigenvalue weighted by Gasteiger charge is 2.10. The van der Waals surface area contributed by atoms with Gasteiger partial charge in [0.2, 0.25) is 0 Å². The summed E-state index contributed by atoms with van der Waals surface area (Å²) < 4.78 is 5.18. The predicted molar refractivity (Wildman–Crippen MR) is 71.6 cm³/mol. The first-order chi connectivity index (χ1) is 9.02. The molecule has 0 saturated carbocycles. The number of hydrogen-bond acceptors (Lipinski definition) is 4. The molecule has 0 atom stereocenters. The number of nitrogens with zero attached hydrogens (tertiary/aromatic N) is 1. The summed E-state index contributed by atoms with van der Waals surface area (Å²) in [5.74, 6) is 0.495. The lowest BCUT2D eigenvalue weighted by atomic mass is 10.1. The molecule has 1 aromatic heterocycles. The van der Waals surface area contributed by atoms with Crippen LogP contribution < -0.4 is 10.3 Å². The maximum Gasteiger partial charge on any atom is 0.275 e. The molecule has 2 rings (SSSR count). The van der Waals surface area contributed by atoms with Crippen molar-refractivity contribution in [1.82, 2.24) is 10.2 Å². The van der Waals surface area contributed by atoms with Crippen molar-refractivity contribution in [2.75, 3.05) is 7.11 Å². The summed E-state index contributed by atoms with van der Waals surface area (Å²) in [5, 5.41) is 6.30. The number of hydrogen-bond donors (Lipinski definition) is 1. The molecule has 0 aliphatic heterocycles. The van der Waals surface area contributed by atoms with Gasteiger partial charge in [0, 0.05) is 5.56 Å². The maximum absolute atomic E-state index is 11.5. The Bertz CT molecular complexity index is 689. The van der Waals surface area contributed by atoms with E-state index in [1.54, 1.807) is 7.11 Å². The van der Waals surface area contributed by atoms with E-state index >= 15 is 0 Å². The second-order valence-corrected chi connectivity index (χ2v) is 4.24. The molecule has 5 heteroatoms. The fraction of sp³-hybridized carbons (Fsp3) is 0.214. The van der Waals surface area contributed by atoms with Crippen molar-refractivity contribution in [3.05, 3.63) is 45.7 Å². The number of aromatic amines is 1. The average Bonchev–Trinajstić information content (AvgIpc) is 2.38. The first kappa shape index (κ1) is 13.0. The van der Waals surface area contributed by atoms with E-state index in [0.717, 1.165) is 16.9 Å². The van der Waals surface area contributed by atoms with Crippen LogP contribution in [0.4, 0.5) is 0 Å². The normalized spacial score (nSPS) is 10.3. The topological polar surface area (TPSA) is 72.1 Å². The Morgan fingerprint density at radius 3 is 2.63 bits per heavy atom. The van der Waals surface area contributed by atoms with Crippen molar-refractivity contribution >= 4 is 5.78 Å². The third kappa shape index (κ3) is 2.54. The number of benzene rings is 1. The van der Waals surface area contributed by atoms with E-state index in [2.05, 4.69) is 10.2 Å². The largest absolute Gasteiger partial charge is 0.496 e. The number of ether oxygens (including phenoxy) is 1. The van der Waals surface area contributed by atoms with Crippen molar-refractivity contribution < 1.29 is 9.53 Å². The molecule has 0 aliphatic rings. The van der Waals surface area contributed by atoms with Crippen molar-refractivity contribution in [3.8, 4) is 17.0 Å². The Hall–Kier alpha value is -2.43. The molecule has 0 fully saturated rings. The van der Waals surface area contributed by atoms with Crippen molar-refractivity contribution in [2.45, 2.75) is 13.8 Å². The molecule has 0 aliphatic carbocycles. The molecule has 1 aromatic carbocycles. The number of rotatable bonds is 3. The Morgan fingerprint density at radius 1 is 1.32 bits per heavy atom.